The Hall–Kier alpha value is -1.75. The van der Waals surface area contributed by atoms with Crippen molar-refractivity contribution < 1.29 is 5.11 Å². The van der Waals surface area contributed by atoms with Gasteiger partial charge in [-0.1, -0.05) is 24.3 Å². The number of hydrogen-bond acceptors (Lipinski definition) is 2. The maximum atomic E-state index is 9.16. The van der Waals surface area contributed by atoms with Crippen molar-refractivity contribution in [2.45, 2.75) is 0 Å². The maximum Gasteiger partial charge on any atom is 0.133 e. The van der Waals surface area contributed by atoms with Crippen LogP contribution in [0.1, 0.15) is 0 Å². The predicted molar refractivity (Wildman–Crippen MR) is 42.7 cm³/mol. The molecule has 0 fully saturated rings. The molecule has 0 saturated carbocycles. The van der Waals surface area contributed by atoms with Gasteiger partial charge in [-0.25, -0.2) is 0 Å². The second kappa shape index (κ2) is 3.43. The molecule has 1 N–H and O–H groups in total. The molecule has 0 unspecified atom stereocenters. The van der Waals surface area contributed by atoms with Gasteiger partial charge in [0.15, 0.2) is 0 Å². The highest BCUT2D eigenvalue weighted by molar-refractivity contribution is 5.43. The molecule has 1 aliphatic carbocycles. The number of hydrogen-bond donors (Lipinski definition) is 1. The first-order chi connectivity index (χ1) is 5.34. The van der Waals surface area contributed by atoms with Crippen LogP contribution in [0.2, 0.25) is 0 Å². The molecule has 0 atom stereocenters. The Morgan fingerprint density at radius 3 is 2.36 bits per heavy atom. The fourth-order valence-electron chi connectivity index (χ4n) is 0.696. The highest BCUT2D eigenvalue weighted by Gasteiger charge is 1.98. The monoisotopic (exact) mass is 145 g/mol. The number of nitriles is 1. The standard InChI is InChI=1S/C9H7NO/c10-7-8-5-3-1-2-4-6-9(8)11/h1-6,11H/b2-1?,3-1-,4-2-,5-3?,6-4?,8-5-,9-6+,9-8?. The third-order valence-corrected chi connectivity index (χ3v) is 1.25. The third-order valence-electron chi connectivity index (χ3n) is 1.25. The van der Waals surface area contributed by atoms with Crippen LogP contribution in [0.25, 0.3) is 0 Å². The molecule has 0 bridgehead atoms. The van der Waals surface area contributed by atoms with Crippen molar-refractivity contribution in [1.82, 2.24) is 0 Å². The van der Waals surface area contributed by atoms with E-state index in [9.17, 15) is 0 Å². The zero-order chi connectivity index (χ0) is 8.10. The summed E-state index contributed by atoms with van der Waals surface area (Å²) in [6, 6.07) is 1.88. The van der Waals surface area contributed by atoms with Gasteiger partial charge in [-0.3, -0.25) is 0 Å². The molecule has 0 aromatic carbocycles. The average Bonchev–Trinajstić information content (AvgIpc) is 1.98. The second-order valence-corrected chi connectivity index (χ2v) is 2.01. The number of rotatable bonds is 0. The van der Waals surface area contributed by atoms with Crippen molar-refractivity contribution in [2.24, 2.45) is 0 Å². The van der Waals surface area contributed by atoms with Gasteiger partial charge in [0.2, 0.25) is 0 Å². The molecular formula is C9H7NO. The topological polar surface area (TPSA) is 44.0 Å². The first-order valence-corrected chi connectivity index (χ1v) is 3.19. The van der Waals surface area contributed by atoms with E-state index in [-0.39, 0.29) is 11.3 Å². The van der Waals surface area contributed by atoms with Crippen LogP contribution in [0.3, 0.4) is 0 Å². The summed E-state index contributed by atoms with van der Waals surface area (Å²) >= 11 is 0. The van der Waals surface area contributed by atoms with E-state index in [0.717, 1.165) is 0 Å². The van der Waals surface area contributed by atoms with Crippen molar-refractivity contribution in [3.8, 4) is 6.07 Å². The molecule has 2 heteroatoms. The van der Waals surface area contributed by atoms with Gasteiger partial charge in [0.25, 0.3) is 0 Å². The lowest BCUT2D eigenvalue weighted by molar-refractivity contribution is 0.427. The lowest BCUT2D eigenvalue weighted by atomic mass is 10.2. The molecule has 2 nitrogen and oxygen atoms in total. The van der Waals surface area contributed by atoms with Crippen LogP contribution >= 0.6 is 0 Å². The van der Waals surface area contributed by atoms with Crippen LogP contribution in [-0.4, -0.2) is 5.11 Å². The Morgan fingerprint density at radius 2 is 1.73 bits per heavy atom. The van der Waals surface area contributed by atoms with Crippen molar-refractivity contribution in [3.63, 3.8) is 0 Å². The van der Waals surface area contributed by atoms with Gasteiger partial charge in [-0.15, -0.1) is 0 Å². The number of aliphatic hydroxyl groups excluding tert-OH is 1. The van der Waals surface area contributed by atoms with E-state index >= 15 is 0 Å². The van der Waals surface area contributed by atoms with Crippen LogP contribution in [-0.2, 0) is 0 Å². The van der Waals surface area contributed by atoms with Gasteiger partial charge < -0.3 is 5.11 Å². The van der Waals surface area contributed by atoms with E-state index in [1.807, 2.05) is 6.07 Å². The quantitative estimate of drug-likeness (QED) is 0.566. The van der Waals surface area contributed by atoms with E-state index in [1.165, 1.54) is 6.08 Å². The molecule has 1 aliphatic rings. The van der Waals surface area contributed by atoms with Crippen molar-refractivity contribution in [3.05, 3.63) is 47.8 Å². The van der Waals surface area contributed by atoms with E-state index in [0.29, 0.717) is 0 Å². The molecule has 0 spiro atoms. The molecule has 0 aliphatic heterocycles. The zero-order valence-electron chi connectivity index (χ0n) is 5.86. The van der Waals surface area contributed by atoms with Crippen LogP contribution in [0, 0.1) is 11.3 Å². The highest BCUT2D eigenvalue weighted by atomic mass is 16.3. The molecular weight excluding hydrogens is 138 g/mol. The SMILES string of the molecule is N#CC1=C/C=C\C=C/C=C\1O. The van der Waals surface area contributed by atoms with Crippen LogP contribution in [0.15, 0.2) is 47.8 Å². The smallest absolute Gasteiger partial charge is 0.133 e. The summed E-state index contributed by atoms with van der Waals surface area (Å²) in [4.78, 5) is 0. The lowest BCUT2D eigenvalue weighted by Crippen LogP contribution is -1.84. The molecule has 1 rings (SSSR count). The van der Waals surface area contributed by atoms with Gasteiger partial charge in [-0.2, -0.15) is 5.26 Å². The van der Waals surface area contributed by atoms with Gasteiger partial charge in [-0.05, 0) is 12.2 Å². The van der Waals surface area contributed by atoms with Crippen molar-refractivity contribution in [1.29, 1.82) is 5.26 Å². The van der Waals surface area contributed by atoms with Crippen LogP contribution < -0.4 is 0 Å². The Morgan fingerprint density at radius 1 is 1.09 bits per heavy atom. The lowest BCUT2D eigenvalue weighted by Gasteiger charge is -1.94. The minimum Gasteiger partial charge on any atom is -0.507 e. The number of allylic oxidation sites excluding steroid dienone is 7. The third kappa shape index (κ3) is 1.84. The highest BCUT2D eigenvalue weighted by Crippen LogP contribution is 2.07. The molecule has 0 saturated heterocycles. The van der Waals surface area contributed by atoms with Gasteiger partial charge in [0.05, 0.1) is 5.57 Å². The van der Waals surface area contributed by atoms with Crippen LogP contribution in [0.5, 0.6) is 0 Å². The van der Waals surface area contributed by atoms with Crippen molar-refractivity contribution >= 4 is 0 Å². The summed E-state index contributed by atoms with van der Waals surface area (Å²) in [6.07, 6.45) is 10.0. The number of aliphatic hydroxyl groups is 1. The molecule has 54 valence electrons. The van der Waals surface area contributed by atoms with Gasteiger partial charge in [0.1, 0.15) is 11.8 Å². The fraction of sp³-hybridized carbons (Fsp3) is 0. The summed E-state index contributed by atoms with van der Waals surface area (Å²) in [5.74, 6) is 0.00750. The molecule has 0 aromatic heterocycles. The second-order valence-electron chi connectivity index (χ2n) is 2.01. The Labute approximate surface area is 65.1 Å². The summed E-state index contributed by atoms with van der Waals surface area (Å²) in [7, 11) is 0. The maximum absolute atomic E-state index is 9.16. The van der Waals surface area contributed by atoms with Gasteiger partial charge in [0, 0.05) is 0 Å². The minimum atomic E-state index is 0.00750. The molecule has 11 heavy (non-hydrogen) atoms. The van der Waals surface area contributed by atoms with Crippen LogP contribution in [0.4, 0.5) is 0 Å². The van der Waals surface area contributed by atoms with E-state index in [2.05, 4.69) is 0 Å². The largest absolute Gasteiger partial charge is 0.507 e. The molecule has 0 radical (unpaired) electrons. The summed E-state index contributed by atoms with van der Waals surface area (Å²) in [6.45, 7) is 0. The zero-order valence-corrected chi connectivity index (χ0v) is 5.86. The van der Waals surface area contributed by atoms with Crippen molar-refractivity contribution in [2.75, 3.05) is 0 Å². The summed E-state index contributed by atoms with van der Waals surface area (Å²) in [5, 5.41) is 17.7. The fourth-order valence-corrected chi connectivity index (χ4v) is 0.696. The van der Waals surface area contributed by atoms with E-state index < -0.39 is 0 Å². The normalized spacial score (nSPS) is 31.2. The number of nitrogens with zero attached hydrogens (tertiary/aromatic N) is 1. The average molecular weight is 145 g/mol. The first kappa shape index (κ1) is 7.36. The van der Waals surface area contributed by atoms with E-state index in [4.69, 9.17) is 10.4 Å². The Kier molecular flexibility index (Phi) is 2.29. The Bertz CT molecular complexity index is 300. The minimum absolute atomic E-state index is 0.00750. The predicted octanol–water partition coefficient (Wildman–Crippen LogP) is 2.00. The van der Waals surface area contributed by atoms with E-state index in [1.54, 1.807) is 30.4 Å². The molecule has 0 aromatic rings. The molecule has 0 heterocycles. The summed E-state index contributed by atoms with van der Waals surface area (Å²) < 4.78 is 0. The Balaban J connectivity index is 3.01. The summed E-state index contributed by atoms with van der Waals surface area (Å²) in [5.41, 5.74) is 0.283. The van der Waals surface area contributed by atoms with Gasteiger partial charge >= 0.3 is 0 Å². The molecule has 0 amide bonds. The first-order valence-electron chi connectivity index (χ1n) is 3.19.